The lowest BCUT2D eigenvalue weighted by atomic mass is 9.94. The summed E-state index contributed by atoms with van der Waals surface area (Å²) in [6.45, 7) is 1.48. The van der Waals surface area contributed by atoms with E-state index in [2.05, 4.69) is 15.6 Å². The number of carbonyl (C=O) groups is 1. The van der Waals surface area contributed by atoms with Gasteiger partial charge in [0.25, 0.3) is 5.91 Å². The Kier molecular flexibility index (Phi) is 8.66. The van der Waals surface area contributed by atoms with Gasteiger partial charge in [0.05, 0.1) is 43.2 Å². The van der Waals surface area contributed by atoms with Gasteiger partial charge in [-0.25, -0.2) is 0 Å². The first-order chi connectivity index (χ1) is 19.8. The highest BCUT2D eigenvalue weighted by atomic mass is 19.4. The number of amides is 1. The topological polar surface area (TPSA) is 72.5 Å². The second kappa shape index (κ2) is 12.5. The molecular formula is C32H30F3N3O3. The second-order valence-corrected chi connectivity index (χ2v) is 9.90. The molecule has 0 saturated heterocycles. The average molecular weight is 562 g/mol. The number of rotatable bonds is 11. The second-order valence-electron chi connectivity index (χ2n) is 9.90. The fourth-order valence-corrected chi connectivity index (χ4v) is 4.83. The fourth-order valence-electron chi connectivity index (χ4n) is 4.83. The Balaban J connectivity index is 1.36. The van der Waals surface area contributed by atoms with Crippen LogP contribution in [0.5, 0.6) is 0 Å². The zero-order valence-electron chi connectivity index (χ0n) is 22.3. The fraction of sp³-hybridized carbons (Fsp3) is 0.250. The van der Waals surface area contributed by atoms with Crippen molar-refractivity contribution in [3.05, 3.63) is 119 Å². The molecule has 6 nitrogen and oxygen atoms in total. The molecule has 212 valence electrons. The minimum atomic E-state index is -4.57. The number of alkyl halides is 3. The van der Waals surface area contributed by atoms with Crippen LogP contribution in [0.25, 0.3) is 11.3 Å². The van der Waals surface area contributed by atoms with Crippen molar-refractivity contribution in [3.8, 4) is 11.3 Å². The van der Waals surface area contributed by atoms with Crippen molar-refractivity contribution >= 4 is 11.6 Å². The Morgan fingerprint density at radius 3 is 1.95 bits per heavy atom. The van der Waals surface area contributed by atoms with Crippen molar-refractivity contribution in [1.29, 1.82) is 0 Å². The molecule has 0 unspecified atom stereocenters. The van der Waals surface area contributed by atoms with E-state index in [0.717, 1.165) is 17.2 Å². The lowest BCUT2D eigenvalue weighted by Gasteiger charge is -2.41. The van der Waals surface area contributed by atoms with Crippen LogP contribution in [0, 0.1) is 0 Å². The van der Waals surface area contributed by atoms with Crippen LogP contribution in [0.15, 0.2) is 97.2 Å². The summed E-state index contributed by atoms with van der Waals surface area (Å²) in [5.41, 5.74) is 1.11. The molecule has 0 saturated carbocycles. The molecule has 0 aliphatic carbocycles. The Hall–Kier alpha value is -4.21. The number of pyridine rings is 1. The molecule has 1 amide bonds. The standard InChI is InChI=1S/C32H30F3N3O3/c33-32(34,35)27-12-7-17-36-29(27)25-13-14-26-28(20-25)37-31(38-30(26)39,15-18-40-21-23-8-3-1-4-9-23)16-19-41-22-24-10-5-2-6-11-24/h1-14,17,20,37H,15-16,18-19,21-22H2,(H,38,39). The van der Waals surface area contributed by atoms with Gasteiger partial charge in [0.15, 0.2) is 0 Å². The van der Waals surface area contributed by atoms with Gasteiger partial charge >= 0.3 is 6.18 Å². The molecule has 0 fully saturated rings. The Morgan fingerprint density at radius 1 is 0.756 bits per heavy atom. The van der Waals surface area contributed by atoms with Crippen LogP contribution in [-0.2, 0) is 28.9 Å². The maximum absolute atomic E-state index is 13.7. The molecule has 3 aromatic carbocycles. The summed E-state index contributed by atoms with van der Waals surface area (Å²) in [6.07, 6.45) is -2.44. The van der Waals surface area contributed by atoms with E-state index in [1.807, 2.05) is 60.7 Å². The van der Waals surface area contributed by atoms with Gasteiger partial charge in [0.1, 0.15) is 5.66 Å². The van der Waals surface area contributed by atoms with Crippen molar-refractivity contribution in [2.75, 3.05) is 18.5 Å². The van der Waals surface area contributed by atoms with Gasteiger partial charge < -0.3 is 20.1 Å². The lowest BCUT2D eigenvalue weighted by molar-refractivity contribution is -0.137. The van der Waals surface area contributed by atoms with E-state index < -0.39 is 17.4 Å². The van der Waals surface area contributed by atoms with Crippen LogP contribution in [0.1, 0.15) is 39.9 Å². The molecule has 41 heavy (non-hydrogen) atoms. The maximum atomic E-state index is 13.7. The third-order valence-corrected chi connectivity index (χ3v) is 6.95. The van der Waals surface area contributed by atoms with Crippen molar-refractivity contribution < 1.29 is 27.4 Å². The number of aromatic nitrogens is 1. The van der Waals surface area contributed by atoms with E-state index in [1.54, 1.807) is 6.07 Å². The summed E-state index contributed by atoms with van der Waals surface area (Å²) in [4.78, 5) is 17.3. The molecule has 0 radical (unpaired) electrons. The molecular weight excluding hydrogens is 531 g/mol. The molecule has 4 aromatic rings. The Bertz CT molecular complexity index is 1420. The van der Waals surface area contributed by atoms with Gasteiger partial charge in [0, 0.05) is 30.3 Å². The molecule has 1 aliphatic heterocycles. The van der Waals surface area contributed by atoms with Crippen molar-refractivity contribution in [1.82, 2.24) is 10.3 Å². The van der Waals surface area contributed by atoms with Crippen molar-refractivity contribution in [2.45, 2.75) is 37.9 Å². The van der Waals surface area contributed by atoms with Crippen LogP contribution < -0.4 is 10.6 Å². The molecule has 1 aliphatic rings. The number of anilines is 1. The molecule has 9 heteroatoms. The van der Waals surface area contributed by atoms with E-state index in [1.165, 1.54) is 24.4 Å². The van der Waals surface area contributed by atoms with Crippen molar-refractivity contribution in [3.63, 3.8) is 0 Å². The zero-order valence-corrected chi connectivity index (χ0v) is 22.3. The number of fused-ring (bicyclic) bond motifs is 1. The predicted molar refractivity (Wildman–Crippen MR) is 150 cm³/mol. The van der Waals surface area contributed by atoms with E-state index in [-0.39, 0.29) is 17.2 Å². The van der Waals surface area contributed by atoms with Gasteiger partial charge in [-0.15, -0.1) is 0 Å². The molecule has 0 atom stereocenters. The lowest BCUT2D eigenvalue weighted by Crippen LogP contribution is -2.58. The van der Waals surface area contributed by atoms with E-state index >= 15 is 0 Å². The number of benzene rings is 3. The minimum absolute atomic E-state index is 0.196. The highest BCUT2D eigenvalue weighted by molar-refractivity contribution is 6.03. The maximum Gasteiger partial charge on any atom is 0.418 e. The summed E-state index contributed by atoms with van der Waals surface area (Å²) < 4.78 is 53.0. The molecule has 5 rings (SSSR count). The summed E-state index contributed by atoms with van der Waals surface area (Å²) in [7, 11) is 0. The molecule has 0 bridgehead atoms. The monoisotopic (exact) mass is 561 g/mol. The normalized spacial score (nSPS) is 14.2. The smallest absolute Gasteiger partial charge is 0.377 e. The number of nitrogens with zero attached hydrogens (tertiary/aromatic N) is 1. The number of hydrogen-bond donors (Lipinski definition) is 2. The summed E-state index contributed by atoms with van der Waals surface area (Å²) in [6, 6.07) is 26.3. The Morgan fingerprint density at radius 2 is 1.37 bits per heavy atom. The van der Waals surface area contributed by atoms with Crippen LogP contribution in [0.2, 0.25) is 0 Å². The summed E-state index contributed by atoms with van der Waals surface area (Å²) in [5, 5.41) is 6.48. The van der Waals surface area contributed by atoms with Crippen LogP contribution >= 0.6 is 0 Å². The van der Waals surface area contributed by atoms with Crippen molar-refractivity contribution in [2.24, 2.45) is 0 Å². The number of ether oxygens (including phenoxy) is 2. The van der Waals surface area contributed by atoms with Gasteiger partial charge in [-0.1, -0.05) is 66.7 Å². The van der Waals surface area contributed by atoms with Crippen LogP contribution in [-0.4, -0.2) is 29.8 Å². The van der Waals surface area contributed by atoms with Gasteiger partial charge in [-0.05, 0) is 35.4 Å². The first-order valence-corrected chi connectivity index (χ1v) is 13.3. The third kappa shape index (κ3) is 7.11. The molecule has 1 aromatic heterocycles. The number of nitrogens with one attached hydrogen (secondary N) is 2. The third-order valence-electron chi connectivity index (χ3n) is 6.95. The zero-order chi connectivity index (χ0) is 28.7. The van der Waals surface area contributed by atoms with Crippen LogP contribution in [0.3, 0.4) is 0 Å². The summed E-state index contributed by atoms with van der Waals surface area (Å²) in [5.74, 6) is -0.325. The first kappa shape index (κ1) is 28.3. The average Bonchev–Trinajstić information content (AvgIpc) is 2.98. The first-order valence-electron chi connectivity index (χ1n) is 13.3. The number of hydrogen-bond acceptors (Lipinski definition) is 5. The number of carbonyl (C=O) groups excluding carboxylic acids is 1. The van der Waals surface area contributed by atoms with E-state index in [9.17, 15) is 18.0 Å². The SMILES string of the molecule is O=C1NC(CCOCc2ccccc2)(CCOCc2ccccc2)Nc2cc(-c3ncccc3C(F)(F)F)ccc21. The highest BCUT2D eigenvalue weighted by Crippen LogP contribution is 2.38. The summed E-state index contributed by atoms with van der Waals surface area (Å²) >= 11 is 0. The highest BCUT2D eigenvalue weighted by Gasteiger charge is 2.38. The molecule has 2 N–H and O–H groups in total. The van der Waals surface area contributed by atoms with E-state index in [0.29, 0.717) is 50.5 Å². The quantitative estimate of drug-likeness (QED) is 0.196. The largest absolute Gasteiger partial charge is 0.418 e. The predicted octanol–water partition coefficient (Wildman–Crippen LogP) is 6.83. The van der Waals surface area contributed by atoms with Gasteiger partial charge in [-0.2, -0.15) is 13.2 Å². The Labute approximate surface area is 236 Å². The van der Waals surface area contributed by atoms with Crippen LogP contribution in [0.4, 0.5) is 18.9 Å². The van der Waals surface area contributed by atoms with Gasteiger partial charge in [-0.3, -0.25) is 9.78 Å². The number of halogens is 3. The minimum Gasteiger partial charge on any atom is -0.377 e. The van der Waals surface area contributed by atoms with Gasteiger partial charge in [0.2, 0.25) is 0 Å². The molecule has 2 heterocycles. The molecule has 0 spiro atoms. The van der Waals surface area contributed by atoms with E-state index in [4.69, 9.17) is 9.47 Å².